The lowest BCUT2D eigenvalue weighted by atomic mass is 9.91. The lowest BCUT2D eigenvalue weighted by molar-refractivity contribution is -0.169. The molecule has 3 heterocycles. The predicted octanol–water partition coefficient (Wildman–Crippen LogP) is 3.15. The standard InChI is InChI=1S/C21H20ClF3N4O4/c1-28-16(11-3-5-13(32-2)6-4-11)15-17(33-28)20(31)29(19(15)30)8-7-26-18-14(22)9-12(10-27-18)21(23,24)25/h3-6,9-10,15-17H,7-8H2,1-2H3,(H,26,27)/t15-,16-,17+/m1/s1. The highest BCUT2D eigenvalue weighted by Gasteiger charge is 2.58. The predicted molar refractivity (Wildman–Crippen MR) is 111 cm³/mol. The number of carbonyl (C=O) groups excluding carboxylic acids is 2. The van der Waals surface area contributed by atoms with Crippen LogP contribution in [0.1, 0.15) is 17.2 Å². The number of hydroxylamine groups is 2. The zero-order valence-corrected chi connectivity index (χ0v) is 18.4. The van der Waals surface area contributed by atoms with E-state index in [0.29, 0.717) is 11.9 Å². The Kier molecular flexibility index (Phi) is 6.21. The molecule has 2 aliphatic heterocycles. The van der Waals surface area contributed by atoms with Gasteiger partial charge in [0.25, 0.3) is 5.91 Å². The van der Waals surface area contributed by atoms with Gasteiger partial charge in [-0.3, -0.25) is 19.3 Å². The smallest absolute Gasteiger partial charge is 0.417 e. The summed E-state index contributed by atoms with van der Waals surface area (Å²) in [7, 11) is 3.21. The third kappa shape index (κ3) is 4.35. The van der Waals surface area contributed by atoms with Crippen LogP contribution in [0.4, 0.5) is 19.0 Å². The average molecular weight is 485 g/mol. The maximum absolute atomic E-state index is 13.1. The third-order valence-corrected chi connectivity index (χ3v) is 5.94. The fourth-order valence-electron chi connectivity index (χ4n) is 4.06. The molecule has 8 nitrogen and oxygen atoms in total. The van der Waals surface area contributed by atoms with Gasteiger partial charge < -0.3 is 10.1 Å². The van der Waals surface area contributed by atoms with E-state index in [-0.39, 0.29) is 29.8 Å². The van der Waals surface area contributed by atoms with E-state index in [1.165, 1.54) is 5.06 Å². The second-order valence-electron chi connectivity index (χ2n) is 7.62. The monoisotopic (exact) mass is 484 g/mol. The van der Waals surface area contributed by atoms with Crippen LogP contribution in [0.2, 0.25) is 5.02 Å². The molecule has 0 bridgehead atoms. The van der Waals surface area contributed by atoms with Crippen molar-refractivity contribution in [2.45, 2.75) is 18.3 Å². The molecule has 0 spiro atoms. The number of ether oxygens (including phenoxy) is 1. The van der Waals surface area contributed by atoms with Gasteiger partial charge in [-0.15, -0.1) is 0 Å². The minimum atomic E-state index is -4.56. The number of nitrogens with zero attached hydrogens (tertiary/aromatic N) is 3. The molecule has 0 radical (unpaired) electrons. The number of anilines is 1. The normalized spacial score (nSPS) is 23.2. The number of methoxy groups -OCH3 is 1. The minimum Gasteiger partial charge on any atom is -0.497 e. The summed E-state index contributed by atoms with van der Waals surface area (Å²) in [5, 5.41) is 4.06. The second kappa shape index (κ2) is 8.81. The Labute approximate surface area is 192 Å². The number of fused-ring (bicyclic) bond motifs is 1. The van der Waals surface area contributed by atoms with Crippen LogP contribution in [-0.4, -0.2) is 60.1 Å². The highest BCUT2D eigenvalue weighted by Crippen LogP contribution is 2.43. The Bertz CT molecular complexity index is 1070. The number of carbonyl (C=O) groups is 2. The van der Waals surface area contributed by atoms with Gasteiger partial charge in [0, 0.05) is 26.3 Å². The van der Waals surface area contributed by atoms with Crippen LogP contribution in [0.25, 0.3) is 0 Å². The fraction of sp³-hybridized carbons (Fsp3) is 0.381. The quantitative estimate of drug-likeness (QED) is 0.631. The molecule has 2 saturated heterocycles. The summed E-state index contributed by atoms with van der Waals surface area (Å²) in [5.74, 6) is -0.891. The molecular formula is C21H20ClF3N4O4. The van der Waals surface area contributed by atoms with Crippen LogP contribution in [0.5, 0.6) is 5.75 Å². The van der Waals surface area contributed by atoms with Gasteiger partial charge in [0.05, 0.1) is 29.7 Å². The van der Waals surface area contributed by atoms with Crippen molar-refractivity contribution in [3.8, 4) is 5.75 Å². The fourth-order valence-corrected chi connectivity index (χ4v) is 4.29. The number of imide groups is 1. The van der Waals surface area contributed by atoms with Crippen LogP contribution in [0.3, 0.4) is 0 Å². The van der Waals surface area contributed by atoms with Gasteiger partial charge in [-0.2, -0.15) is 18.2 Å². The second-order valence-corrected chi connectivity index (χ2v) is 8.03. The number of aromatic nitrogens is 1. The number of nitrogens with one attached hydrogen (secondary N) is 1. The van der Waals surface area contributed by atoms with Crippen molar-refractivity contribution in [3.63, 3.8) is 0 Å². The van der Waals surface area contributed by atoms with Crippen LogP contribution >= 0.6 is 11.6 Å². The molecule has 2 aliphatic rings. The van der Waals surface area contributed by atoms with Gasteiger partial charge in [0.1, 0.15) is 11.6 Å². The van der Waals surface area contributed by atoms with E-state index >= 15 is 0 Å². The molecule has 1 aromatic carbocycles. The summed E-state index contributed by atoms with van der Waals surface area (Å²) in [6.45, 7) is 0.0319. The van der Waals surface area contributed by atoms with Crippen molar-refractivity contribution in [2.24, 2.45) is 5.92 Å². The maximum atomic E-state index is 13.1. The summed E-state index contributed by atoms with van der Waals surface area (Å²) >= 11 is 5.88. The number of pyridine rings is 1. The van der Waals surface area contributed by atoms with Crippen LogP contribution in [-0.2, 0) is 20.6 Å². The van der Waals surface area contributed by atoms with Gasteiger partial charge in [-0.25, -0.2) is 4.98 Å². The van der Waals surface area contributed by atoms with Crippen molar-refractivity contribution in [1.82, 2.24) is 14.9 Å². The first kappa shape index (κ1) is 23.3. The Balaban J connectivity index is 1.43. The third-order valence-electron chi connectivity index (χ3n) is 5.65. The molecular weight excluding hydrogens is 465 g/mol. The van der Waals surface area contributed by atoms with E-state index < -0.39 is 35.7 Å². The van der Waals surface area contributed by atoms with Crippen molar-refractivity contribution >= 4 is 29.2 Å². The molecule has 2 amide bonds. The van der Waals surface area contributed by atoms with E-state index in [1.54, 1.807) is 26.3 Å². The first-order valence-corrected chi connectivity index (χ1v) is 10.3. The number of halogens is 4. The first-order valence-electron chi connectivity index (χ1n) is 9.97. The van der Waals surface area contributed by atoms with Gasteiger partial charge in [0.15, 0.2) is 6.10 Å². The lowest BCUT2D eigenvalue weighted by Crippen LogP contribution is -2.39. The number of likely N-dealkylation sites (tertiary alicyclic amines) is 1. The van der Waals surface area contributed by atoms with E-state index in [4.69, 9.17) is 21.2 Å². The molecule has 0 saturated carbocycles. The number of rotatable bonds is 6. The maximum Gasteiger partial charge on any atom is 0.417 e. The van der Waals surface area contributed by atoms with Crippen LogP contribution in [0.15, 0.2) is 36.5 Å². The van der Waals surface area contributed by atoms with Crippen LogP contribution < -0.4 is 10.1 Å². The topological polar surface area (TPSA) is 84.0 Å². The summed E-state index contributed by atoms with van der Waals surface area (Å²) in [5.41, 5.74) is -0.172. The van der Waals surface area contributed by atoms with Gasteiger partial charge in [0.2, 0.25) is 5.91 Å². The summed E-state index contributed by atoms with van der Waals surface area (Å²) < 4.78 is 43.4. The Morgan fingerprint density at radius 3 is 2.52 bits per heavy atom. The highest BCUT2D eigenvalue weighted by atomic mass is 35.5. The molecule has 33 heavy (non-hydrogen) atoms. The van der Waals surface area contributed by atoms with Gasteiger partial charge >= 0.3 is 6.18 Å². The number of hydrogen-bond acceptors (Lipinski definition) is 7. The van der Waals surface area contributed by atoms with Crippen molar-refractivity contribution in [3.05, 3.63) is 52.7 Å². The Hall–Kier alpha value is -2.89. The van der Waals surface area contributed by atoms with Crippen molar-refractivity contribution in [2.75, 3.05) is 32.6 Å². The van der Waals surface area contributed by atoms with E-state index in [1.807, 2.05) is 12.1 Å². The Morgan fingerprint density at radius 1 is 1.21 bits per heavy atom. The average Bonchev–Trinajstić information content (AvgIpc) is 3.23. The van der Waals surface area contributed by atoms with E-state index in [9.17, 15) is 22.8 Å². The number of benzene rings is 1. The number of alkyl halides is 3. The lowest BCUT2D eigenvalue weighted by Gasteiger charge is -2.24. The molecule has 2 fully saturated rings. The largest absolute Gasteiger partial charge is 0.497 e. The molecule has 1 aromatic heterocycles. The molecule has 2 aromatic rings. The minimum absolute atomic E-state index is 0.0217. The molecule has 0 aliphatic carbocycles. The molecule has 176 valence electrons. The summed E-state index contributed by atoms with van der Waals surface area (Å²) in [4.78, 5) is 36.4. The molecule has 12 heteroatoms. The van der Waals surface area contributed by atoms with E-state index in [2.05, 4.69) is 10.3 Å². The van der Waals surface area contributed by atoms with Crippen molar-refractivity contribution < 1.29 is 32.3 Å². The summed E-state index contributed by atoms with van der Waals surface area (Å²) in [6, 6.07) is 7.45. The van der Waals surface area contributed by atoms with E-state index in [0.717, 1.165) is 16.5 Å². The zero-order chi connectivity index (χ0) is 23.9. The highest BCUT2D eigenvalue weighted by molar-refractivity contribution is 6.33. The summed E-state index contributed by atoms with van der Waals surface area (Å²) in [6.07, 6.45) is -4.84. The van der Waals surface area contributed by atoms with Crippen molar-refractivity contribution in [1.29, 1.82) is 0 Å². The van der Waals surface area contributed by atoms with Gasteiger partial charge in [-0.1, -0.05) is 23.7 Å². The molecule has 3 atom stereocenters. The molecule has 0 unspecified atom stereocenters. The number of amides is 2. The molecule has 1 N–H and O–H groups in total. The zero-order valence-electron chi connectivity index (χ0n) is 17.6. The first-order chi connectivity index (χ1) is 15.6. The van der Waals surface area contributed by atoms with Crippen LogP contribution in [0, 0.1) is 5.92 Å². The number of hydrogen-bond donors (Lipinski definition) is 1. The molecule has 4 rings (SSSR count). The Morgan fingerprint density at radius 2 is 1.91 bits per heavy atom. The van der Waals surface area contributed by atoms with Gasteiger partial charge in [-0.05, 0) is 23.8 Å². The SMILES string of the molecule is COc1ccc([C@@H]2[C@H]3C(=O)N(CCNc4ncc(C(F)(F)F)cc4Cl)C(=O)[C@H]3ON2C)cc1.